The first-order valence-electron chi connectivity index (χ1n) is 21.3. The van der Waals surface area contributed by atoms with Crippen molar-refractivity contribution in [1.29, 1.82) is 0 Å². The number of rotatable bonds is 7. The first kappa shape index (κ1) is 43.3. The van der Waals surface area contributed by atoms with Gasteiger partial charge >= 0.3 is 16.4 Å². The first-order chi connectivity index (χ1) is 27.2. The summed E-state index contributed by atoms with van der Waals surface area (Å²) in [5.41, 5.74) is 0.290. The fourth-order valence-electron chi connectivity index (χ4n) is 13.1. The van der Waals surface area contributed by atoms with Crippen molar-refractivity contribution >= 4 is 16.4 Å². The number of hydrogen-bond donors (Lipinski definition) is 5. The third kappa shape index (κ3) is 7.22. The minimum absolute atomic E-state index is 0.0133. The lowest BCUT2D eigenvalue weighted by Gasteiger charge is -2.61. The third-order valence-electron chi connectivity index (χ3n) is 16.1. The maximum Gasteiger partial charge on any atom is 0.397 e. The van der Waals surface area contributed by atoms with E-state index < -0.39 is 101 Å². The molecule has 0 aromatic heterocycles. The highest BCUT2D eigenvalue weighted by Gasteiger charge is 2.69. The molecule has 0 amide bonds. The fraction of sp³-hybridized carbons (Fsp3) is 0.927. The highest BCUT2D eigenvalue weighted by Crippen LogP contribution is 2.71. The number of carbonyl (C=O) groups is 1. The molecule has 8 rings (SSSR count). The lowest BCUT2D eigenvalue weighted by Crippen LogP contribution is -2.65. The van der Waals surface area contributed by atoms with Crippen molar-refractivity contribution in [2.24, 2.45) is 46.3 Å². The van der Waals surface area contributed by atoms with E-state index in [1.165, 1.54) is 6.92 Å². The van der Waals surface area contributed by atoms with Gasteiger partial charge in [0.15, 0.2) is 24.5 Å². The lowest BCUT2D eigenvalue weighted by atomic mass is 9.46. The molecule has 7 fully saturated rings. The van der Waals surface area contributed by atoms with E-state index in [-0.39, 0.29) is 42.1 Å². The van der Waals surface area contributed by atoms with Crippen LogP contribution in [0.5, 0.6) is 0 Å². The van der Waals surface area contributed by atoms with Gasteiger partial charge in [-0.2, -0.15) is 8.42 Å². The van der Waals surface area contributed by atoms with E-state index in [9.17, 15) is 38.2 Å². The molecule has 8 aliphatic rings. The van der Waals surface area contributed by atoms with Crippen LogP contribution >= 0.6 is 0 Å². The number of aliphatic hydroxyl groups is 4. The first-order valence-corrected chi connectivity index (χ1v) is 22.7. The molecule has 0 bridgehead atoms. The van der Waals surface area contributed by atoms with E-state index in [2.05, 4.69) is 33.8 Å². The average Bonchev–Trinajstić information content (AvgIpc) is 3.59. The second-order valence-electron chi connectivity index (χ2n) is 19.4. The van der Waals surface area contributed by atoms with Crippen molar-refractivity contribution < 1.29 is 75.5 Å². The van der Waals surface area contributed by atoms with Gasteiger partial charge < -0.3 is 53.6 Å². The minimum Gasteiger partial charge on any atom is -0.454 e. The van der Waals surface area contributed by atoms with E-state index in [1.807, 2.05) is 0 Å². The summed E-state index contributed by atoms with van der Waals surface area (Å²) in [6.07, 6.45) is -7.51. The SMILES string of the molecule is CC(=O)O[C@H]1[C@H](O[C@H]2[C@H](O[C@@H]3C[C@H](OS(=O)(=O)O)CC4=CCC5C6C[C@@H]7O[C@]8(CC[C@H](C)CO8)[C@@H](C)[C@@H]7[C@@]6(C)CCC5[C@]43C)O[C@H](C)[C@H](O)[C@@H]2O)O[C@@H](C)[C@H](O)[C@H]1O. The van der Waals surface area contributed by atoms with Crippen LogP contribution in [0.4, 0.5) is 0 Å². The third-order valence-corrected chi connectivity index (χ3v) is 16.6. The normalized spacial score (nSPS) is 54.2. The van der Waals surface area contributed by atoms with E-state index in [0.29, 0.717) is 24.4 Å². The number of ether oxygens (including phenoxy) is 7. The van der Waals surface area contributed by atoms with E-state index in [1.54, 1.807) is 6.92 Å². The van der Waals surface area contributed by atoms with Crippen LogP contribution in [0, 0.1) is 46.3 Å². The zero-order chi connectivity index (χ0) is 41.9. The second kappa shape index (κ2) is 15.5. The molecule has 330 valence electrons. The molecule has 4 aliphatic heterocycles. The summed E-state index contributed by atoms with van der Waals surface area (Å²) in [4.78, 5) is 12.1. The van der Waals surface area contributed by atoms with E-state index in [0.717, 1.165) is 51.0 Å². The van der Waals surface area contributed by atoms with Gasteiger partial charge in [0.25, 0.3) is 0 Å². The Morgan fingerprint density at radius 1 is 0.862 bits per heavy atom. The van der Waals surface area contributed by atoms with Crippen LogP contribution in [0.2, 0.25) is 0 Å². The second-order valence-corrected chi connectivity index (χ2v) is 20.5. The highest BCUT2D eigenvalue weighted by molar-refractivity contribution is 7.80. The largest absolute Gasteiger partial charge is 0.454 e. The lowest BCUT2D eigenvalue weighted by molar-refractivity contribution is -0.371. The van der Waals surface area contributed by atoms with Gasteiger partial charge in [0.1, 0.15) is 30.5 Å². The van der Waals surface area contributed by atoms with Crippen LogP contribution in [-0.2, 0) is 52.5 Å². The predicted octanol–water partition coefficient (Wildman–Crippen LogP) is 2.79. The maximum absolute atomic E-state index is 12.1. The van der Waals surface area contributed by atoms with Crippen LogP contribution < -0.4 is 0 Å². The quantitative estimate of drug-likeness (QED) is 0.141. The maximum atomic E-state index is 12.1. The molecule has 0 radical (unpaired) electrons. The Balaban J connectivity index is 1.09. The number of carbonyl (C=O) groups excluding carboxylic acids is 1. The fourth-order valence-corrected chi connectivity index (χ4v) is 13.6. The summed E-state index contributed by atoms with van der Waals surface area (Å²) in [6.45, 7) is 14.0. The predicted molar refractivity (Wildman–Crippen MR) is 201 cm³/mol. The molecule has 1 spiro atoms. The summed E-state index contributed by atoms with van der Waals surface area (Å²) in [5.74, 6) is 0.489. The summed E-state index contributed by atoms with van der Waals surface area (Å²) in [6, 6.07) is 0. The number of esters is 1. The molecule has 58 heavy (non-hydrogen) atoms. The molecule has 22 atom stereocenters. The van der Waals surface area contributed by atoms with Crippen molar-refractivity contribution in [3.05, 3.63) is 11.6 Å². The van der Waals surface area contributed by atoms with Crippen LogP contribution in [-0.4, -0.2) is 131 Å². The monoisotopic (exact) mass is 844 g/mol. The smallest absolute Gasteiger partial charge is 0.397 e. The summed E-state index contributed by atoms with van der Waals surface area (Å²) in [5, 5.41) is 44.0. The number of fused-ring (bicyclic) bond motifs is 7. The van der Waals surface area contributed by atoms with E-state index >= 15 is 0 Å². The molecule has 5 N–H and O–H groups in total. The standard InChI is InChI=1S/C41H64O16S/c1-18-10-13-41(50-17-18)19(2)30-28(56-41)16-27-25-9-8-23-14-24(57-58(47,48)49)15-29(40(23,7)26(25)11-12-39(27,30)6)54-37-36(34(46)32(44)20(3)51-37)55-38-35(53-22(5)42)33(45)31(43)21(4)52-38/h8,18-21,24-38,43-46H,9-17H2,1-7H3,(H,47,48,49)/t18-,19-,20+,21-,24+,25?,26?,27?,28-,29+,30-,31-,32-,33+,34-,35+,36+,37-,38-,39-,40-,41+/m0/s1. The molecule has 3 saturated carbocycles. The van der Waals surface area contributed by atoms with Crippen LogP contribution in [0.15, 0.2) is 11.6 Å². The van der Waals surface area contributed by atoms with Crippen molar-refractivity contribution in [1.82, 2.24) is 0 Å². The molecular weight excluding hydrogens is 781 g/mol. The topological polar surface area (TPSA) is 226 Å². The van der Waals surface area contributed by atoms with Gasteiger partial charge in [-0.05, 0) is 87.4 Å². The van der Waals surface area contributed by atoms with Crippen molar-refractivity contribution in [3.8, 4) is 0 Å². The van der Waals surface area contributed by atoms with Crippen LogP contribution in [0.25, 0.3) is 0 Å². The molecular formula is C41H64O16S. The molecule has 17 heteroatoms. The van der Waals surface area contributed by atoms with Gasteiger partial charge in [-0.15, -0.1) is 0 Å². The molecule has 3 unspecified atom stereocenters. The van der Waals surface area contributed by atoms with Crippen LogP contribution in [0.1, 0.15) is 99.8 Å². The summed E-state index contributed by atoms with van der Waals surface area (Å²) >= 11 is 0. The van der Waals surface area contributed by atoms with Gasteiger partial charge in [0.2, 0.25) is 0 Å². The molecule has 4 saturated heterocycles. The Kier molecular flexibility index (Phi) is 11.6. The Bertz CT molecular complexity index is 1680. The molecule has 4 heterocycles. The van der Waals surface area contributed by atoms with Crippen molar-refractivity contribution in [2.75, 3.05) is 6.61 Å². The molecule has 0 aromatic carbocycles. The minimum atomic E-state index is -4.83. The van der Waals surface area contributed by atoms with Gasteiger partial charge in [0.05, 0.1) is 37.1 Å². The van der Waals surface area contributed by atoms with Crippen molar-refractivity contribution in [2.45, 2.75) is 185 Å². The van der Waals surface area contributed by atoms with Gasteiger partial charge in [-0.1, -0.05) is 39.3 Å². The Hall–Kier alpha value is -1.32. The number of allylic oxidation sites excluding steroid dienone is 1. The Morgan fingerprint density at radius 2 is 1.52 bits per heavy atom. The molecule has 0 aromatic rings. The molecule has 16 nitrogen and oxygen atoms in total. The van der Waals surface area contributed by atoms with Gasteiger partial charge in [-0.25, -0.2) is 4.18 Å². The van der Waals surface area contributed by atoms with Gasteiger partial charge in [0, 0.05) is 31.1 Å². The summed E-state index contributed by atoms with van der Waals surface area (Å²) < 4.78 is 83.3. The Labute approximate surface area is 341 Å². The summed E-state index contributed by atoms with van der Waals surface area (Å²) in [7, 11) is -4.83. The zero-order valence-electron chi connectivity index (χ0n) is 34.5. The number of hydrogen-bond acceptors (Lipinski definition) is 15. The average molecular weight is 845 g/mol. The number of aliphatic hydroxyl groups excluding tert-OH is 4. The molecule has 4 aliphatic carbocycles. The Morgan fingerprint density at radius 3 is 2.14 bits per heavy atom. The zero-order valence-corrected chi connectivity index (χ0v) is 35.4. The van der Waals surface area contributed by atoms with Crippen LogP contribution in [0.3, 0.4) is 0 Å². The van der Waals surface area contributed by atoms with Gasteiger partial charge in [-0.3, -0.25) is 9.35 Å². The van der Waals surface area contributed by atoms with Crippen molar-refractivity contribution in [3.63, 3.8) is 0 Å². The van der Waals surface area contributed by atoms with E-state index in [4.69, 9.17) is 37.3 Å². The highest BCUT2D eigenvalue weighted by atomic mass is 32.3.